The van der Waals surface area contributed by atoms with Crippen LogP contribution in [0.4, 0.5) is 10.2 Å². The lowest BCUT2D eigenvalue weighted by molar-refractivity contribution is -0.125. The van der Waals surface area contributed by atoms with Crippen molar-refractivity contribution in [2.24, 2.45) is 5.73 Å². The number of nitrogens with zero attached hydrogens (tertiary/aromatic N) is 5. The van der Waals surface area contributed by atoms with E-state index >= 15 is 4.39 Å². The third kappa shape index (κ3) is 3.91. The van der Waals surface area contributed by atoms with E-state index in [1.165, 1.54) is 6.08 Å². The van der Waals surface area contributed by atoms with Gasteiger partial charge in [-0.15, -0.1) is 0 Å². The standard InChI is InChI=1S/C24H23ClFN7O2/c1-3-18(34)31-9-8-15(11-31)33-24(28-2)19(23(27)35)16(30-33)7-4-13-10-17-22(21(26)20(13)25)32(12-29-17)14-5-6-14/h3,10,12,14-15,28H,1,5-6,8-9,11H2,2H3,(H2,27,35)/t15-/m0/s1. The molecule has 1 aliphatic carbocycles. The maximum atomic E-state index is 15.1. The quantitative estimate of drug-likeness (QED) is 0.417. The van der Waals surface area contributed by atoms with E-state index < -0.39 is 11.7 Å². The van der Waals surface area contributed by atoms with Gasteiger partial charge in [-0.05, 0) is 37.3 Å². The number of nitrogens with two attached hydrogens (primary N) is 1. The Labute approximate surface area is 205 Å². The fourth-order valence-corrected chi connectivity index (χ4v) is 4.70. The predicted octanol–water partition coefficient (Wildman–Crippen LogP) is 2.86. The van der Waals surface area contributed by atoms with Crippen molar-refractivity contribution in [3.63, 3.8) is 0 Å². The zero-order chi connectivity index (χ0) is 24.9. The zero-order valence-corrected chi connectivity index (χ0v) is 19.8. The van der Waals surface area contributed by atoms with E-state index in [9.17, 15) is 9.59 Å². The average molecular weight is 496 g/mol. The second-order valence-electron chi connectivity index (χ2n) is 8.61. The zero-order valence-electron chi connectivity index (χ0n) is 19.0. The van der Waals surface area contributed by atoms with Crippen LogP contribution in [-0.2, 0) is 4.79 Å². The second kappa shape index (κ2) is 8.74. The summed E-state index contributed by atoms with van der Waals surface area (Å²) in [6, 6.07) is 1.69. The number of carbonyl (C=O) groups excluding carboxylic acids is 2. The molecule has 2 fully saturated rings. The van der Waals surface area contributed by atoms with Crippen LogP contribution >= 0.6 is 11.6 Å². The van der Waals surface area contributed by atoms with Crippen LogP contribution in [0.3, 0.4) is 0 Å². The van der Waals surface area contributed by atoms with Gasteiger partial charge >= 0.3 is 0 Å². The van der Waals surface area contributed by atoms with E-state index in [-0.39, 0.29) is 39.8 Å². The molecule has 0 bridgehead atoms. The van der Waals surface area contributed by atoms with Crippen LogP contribution in [-0.4, -0.2) is 56.2 Å². The lowest BCUT2D eigenvalue weighted by Crippen LogP contribution is -2.27. The SMILES string of the molecule is C=CC(=O)N1CC[C@H](n2nc(C#Cc3cc4ncn(C5CC5)c4c(F)c3Cl)c(C(N)=O)c2NC)C1. The molecule has 5 rings (SSSR count). The summed E-state index contributed by atoms with van der Waals surface area (Å²) in [5.74, 6) is 4.63. The van der Waals surface area contributed by atoms with Crippen LogP contribution in [0.5, 0.6) is 0 Å². The van der Waals surface area contributed by atoms with Crippen molar-refractivity contribution in [3.05, 3.63) is 52.7 Å². The minimum absolute atomic E-state index is 0.115. The van der Waals surface area contributed by atoms with Crippen LogP contribution in [0, 0.1) is 17.7 Å². The highest BCUT2D eigenvalue weighted by molar-refractivity contribution is 6.32. The summed E-state index contributed by atoms with van der Waals surface area (Å²) in [6.45, 7) is 4.47. The molecule has 2 amide bonds. The molecule has 1 aliphatic heterocycles. The summed E-state index contributed by atoms with van der Waals surface area (Å²) >= 11 is 6.33. The molecule has 11 heteroatoms. The summed E-state index contributed by atoms with van der Waals surface area (Å²) in [7, 11) is 1.65. The van der Waals surface area contributed by atoms with Crippen molar-refractivity contribution in [3.8, 4) is 11.8 Å². The van der Waals surface area contributed by atoms with Gasteiger partial charge in [0.1, 0.15) is 16.9 Å². The summed E-state index contributed by atoms with van der Waals surface area (Å²) in [6.07, 6.45) is 5.49. The summed E-state index contributed by atoms with van der Waals surface area (Å²) in [5.41, 5.74) is 6.96. The van der Waals surface area contributed by atoms with Crippen molar-refractivity contribution in [1.82, 2.24) is 24.2 Å². The first-order valence-electron chi connectivity index (χ1n) is 11.2. The molecule has 1 saturated heterocycles. The van der Waals surface area contributed by atoms with E-state index in [2.05, 4.69) is 33.8 Å². The number of carbonyl (C=O) groups is 2. The predicted molar refractivity (Wildman–Crippen MR) is 130 cm³/mol. The first-order chi connectivity index (χ1) is 16.8. The maximum absolute atomic E-state index is 15.1. The molecule has 2 aromatic heterocycles. The van der Waals surface area contributed by atoms with Gasteiger partial charge in [0.25, 0.3) is 5.91 Å². The van der Waals surface area contributed by atoms with Crippen molar-refractivity contribution in [2.75, 3.05) is 25.5 Å². The van der Waals surface area contributed by atoms with Crippen LogP contribution in [0.1, 0.15) is 53.0 Å². The molecule has 0 radical (unpaired) electrons. The molecular weight excluding hydrogens is 473 g/mol. The Balaban J connectivity index is 1.54. The topological polar surface area (TPSA) is 111 Å². The van der Waals surface area contributed by atoms with Crippen LogP contribution < -0.4 is 11.1 Å². The molecule has 180 valence electrons. The van der Waals surface area contributed by atoms with E-state index in [1.54, 1.807) is 29.0 Å². The van der Waals surface area contributed by atoms with Gasteiger partial charge in [-0.1, -0.05) is 24.1 Å². The van der Waals surface area contributed by atoms with E-state index in [0.29, 0.717) is 36.4 Å². The van der Waals surface area contributed by atoms with Crippen molar-refractivity contribution in [2.45, 2.75) is 31.3 Å². The molecule has 0 spiro atoms. The third-order valence-corrected chi connectivity index (χ3v) is 6.75. The minimum Gasteiger partial charge on any atom is -0.373 e. The van der Waals surface area contributed by atoms with Crippen LogP contribution in [0.25, 0.3) is 11.0 Å². The maximum Gasteiger partial charge on any atom is 0.255 e. The molecule has 3 aromatic rings. The molecule has 3 N–H and O–H groups in total. The lowest BCUT2D eigenvalue weighted by atomic mass is 10.1. The largest absolute Gasteiger partial charge is 0.373 e. The Hall–Kier alpha value is -3.84. The number of imidazole rings is 1. The average Bonchev–Trinajstić information content (AvgIpc) is 3.26. The van der Waals surface area contributed by atoms with Gasteiger partial charge in [0.15, 0.2) is 11.5 Å². The molecule has 1 atom stereocenters. The monoisotopic (exact) mass is 495 g/mol. The summed E-state index contributed by atoms with van der Waals surface area (Å²) in [5, 5.41) is 7.39. The number of anilines is 1. The second-order valence-corrected chi connectivity index (χ2v) is 8.99. The van der Waals surface area contributed by atoms with Crippen molar-refractivity contribution >= 4 is 40.3 Å². The van der Waals surface area contributed by atoms with Gasteiger partial charge in [0.2, 0.25) is 5.91 Å². The Kier molecular flexibility index (Phi) is 5.73. The van der Waals surface area contributed by atoms with Gasteiger partial charge in [0, 0.05) is 31.7 Å². The molecule has 9 nitrogen and oxygen atoms in total. The summed E-state index contributed by atoms with van der Waals surface area (Å²) in [4.78, 5) is 30.3. The lowest BCUT2D eigenvalue weighted by Gasteiger charge is -2.16. The smallest absolute Gasteiger partial charge is 0.255 e. The summed E-state index contributed by atoms with van der Waals surface area (Å²) < 4.78 is 18.6. The number of amides is 2. The fourth-order valence-electron chi connectivity index (χ4n) is 4.51. The Morgan fingerprint density at radius 3 is 2.74 bits per heavy atom. The number of hydrogen-bond acceptors (Lipinski definition) is 5. The number of hydrogen-bond donors (Lipinski definition) is 2. The number of primary amides is 1. The molecule has 35 heavy (non-hydrogen) atoms. The number of rotatable bonds is 5. The Morgan fingerprint density at radius 1 is 1.31 bits per heavy atom. The molecule has 1 saturated carbocycles. The highest BCUT2D eigenvalue weighted by Gasteiger charge is 2.31. The fraction of sp³-hybridized carbons (Fsp3) is 0.333. The van der Waals surface area contributed by atoms with Gasteiger partial charge in [-0.2, -0.15) is 5.10 Å². The first kappa shape index (κ1) is 22.9. The molecule has 0 unspecified atom stereocenters. The van der Waals surface area contributed by atoms with Crippen molar-refractivity contribution < 1.29 is 14.0 Å². The van der Waals surface area contributed by atoms with Crippen LogP contribution in [0.15, 0.2) is 25.0 Å². The third-order valence-electron chi connectivity index (χ3n) is 6.39. The number of aromatic nitrogens is 4. The number of nitrogens with one attached hydrogen (secondary N) is 1. The van der Waals surface area contributed by atoms with Gasteiger partial charge in [-0.3, -0.25) is 9.59 Å². The Bertz CT molecular complexity index is 1440. The van der Waals surface area contributed by atoms with E-state index in [1.807, 2.05) is 4.57 Å². The number of fused-ring (bicyclic) bond motifs is 1. The minimum atomic E-state index is -0.710. The number of likely N-dealkylation sites (tertiary alicyclic amines) is 1. The van der Waals surface area contributed by atoms with Gasteiger partial charge in [0.05, 0.1) is 22.9 Å². The van der Waals surface area contributed by atoms with E-state index in [4.69, 9.17) is 17.3 Å². The van der Waals surface area contributed by atoms with Gasteiger partial charge in [-0.25, -0.2) is 14.1 Å². The van der Waals surface area contributed by atoms with Crippen molar-refractivity contribution in [1.29, 1.82) is 0 Å². The molecular formula is C24H23ClFN7O2. The first-order valence-corrected chi connectivity index (χ1v) is 11.6. The molecule has 3 heterocycles. The normalized spacial score (nSPS) is 17.3. The number of halogens is 2. The molecule has 1 aromatic carbocycles. The number of benzene rings is 1. The molecule has 2 aliphatic rings. The van der Waals surface area contributed by atoms with Gasteiger partial charge < -0.3 is 20.5 Å². The highest BCUT2D eigenvalue weighted by Crippen LogP contribution is 2.39. The Morgan fingerprint density at radius 2 is 2.09 bits per heavy atom. The van der Waals surface area contributed by atoms with Crippen LogP contribution in [0.2, 0.25) is 5.02 Å². The van der Waals surface area contributed by atoms with E-state index in [0.717, 1.165) is 12.8 Å². The highest BCUT2D eigenvalue weighted by atomic mass is 35.5.